The van der Waals surface area contributed by atoms with Gasteiger partial charge in [-0.05, 0) is 54.3 Å². The van der Waals surface area contributed by atoms with Crippen molar-refractivity contribution in [1.29, 1.82) is 0 Å². The maximum absolute atomic E-state index is 13.6. The van der Waals surface area contributed by atoms with E-state index < -0.39 is 12.1 Å². The molecule has 3 amide bonds. The van der Waals surface area contributed by atoms with Gasteiger partial charge in [0.15, 0.2) is 0 Å². The number of nitrogens with one attached hydrogen (secondary N) is 4. The Labute approximate surface area is 338 Å². The molecule has 298 valence electrons. The van der Waals surface area contributed by atoms with Crippen molar-refractivity contribution >= 4 is 55.6 Å². The Kier molecular flexibility index (Phi) is 12.9. The molecule has 0 saturated carbocycles. The molecule has 6 rings (SSSR count). The Morgan fingerprint density at radius 3 is 2.30 bits per heavy atom. The van der Waals surface area contributed by atoms with Gasteiger partial charge in [0.05, 0.1) is 40.5 Å². The maximum Gasteiger partial charge on any atom is 0.407 e. The number of rotatable bonds is 14. The number of benzene rings is 1. The van der Waals surface area contributed by atoms with Crippen LogP contribution in [0.5, 0.6) is 0 Å². The number of allylic oxidation sites excluding steroid dienone is 1. The Morgan fingerprint density at radius 2 is 1.64 bits per heavy atom. The number of amides is 3. The number of ether oxygens (including phenoxy) is 1. The molecule has 11 nitrogen and oxygen atoms in total. The zero-order chi connectivity index (χ0) is 40.3. The summed E-state index contributed by atoms with van der Waals surface area (Å²) in [5.41, 5.74) is 7.47. The van der Waals surface area contributed by atoms with E-state index in [1.165, 1.54) is 33.2 Å². The van der Waals surface area contributed by atoms with Gasteiger partial charge in [0.1, 0.15) is 17.9 Å². The second-order valence-electron chi connectivity index (χ2n) is 15.6. The Hall–Kier alpha value is -4.72. The average molecular weight is 798 g/mol. The van der Waals surface area contributed by atoms with Crippen LogP contribution in [0, 0.1) is 17.8 Å². The molecule has 0 spiro atoms. The highest BCUT2D eigenvalue weighted by Crippen LogP contribution is 2.44. The molecule has 1 fully saturated rings. The van der Waals surface area contributed by atoms with Crippen LogP contribution >= 0.6 is 22.7 Å². The van der Waals surface area contributed by atoms with Crippen molar-refractivity contribution in [3.05, 3.63) is 83.2 Å². The predicted octanol–water partition coefficient (Wildman–Crippen LogP) is 8.18. The van der Waals surface area contributed by atoms with Crippen molar-refractivity contribution in [3.8, 4) is 22.4 Å². The SMILES string of the molecule is C=C(N/C=C(/c1csc2c(-c3ccc(-c4cnc(C5C=CCN5C(=O)C(NC(=O)OC)C(C)C)[nH]4)cc3)csc12)C(C)C)C1CCCN1C(=O)C(NC)C(C)C. The molecule has 0 bridgehead atoms. The van der Waals surface area contributed by atoms with E-state index in [0.717, 1.165) is 41.9 Å². The van der Waals surface area contributed by atoms with Crippen LogP contribution in [0.1, 0.15) is 71.8 Å². The van der Waals surface area contributed by atoms with Crippen LogP contribution in [0.4, 0.5) is 4.79 Å². The highest BCUT2D eigenvalue weighted by Gasteiger charge is 2.36. The number of aromatic nitrogens is 2. The Balaban J connectivity index is 1.16. The van der Waals surface area contributed by atoms with Gasteiger partial charge in [0.25, 0.3) is 0 Å². The van der Waals surface area contributed by atoms with Gasteiger partial charge in [-0.2, -0.15) is 0 Å². The molecule has 4 atom stereocenters. The topological polar surface area (TPSA) is 132 Å². The normalized spacial score (nSPS) is 18.4. The number of likely N-dealkylation sites (tertiary alicyclic amines) is 1. The molecule has 2 aliphatic heterocycles. The summed E-state index contributed by atoms with van der Waals surface area (Å²) in [6, 6.07) is 7.15. The number of fused-ring (bicyclic) bond motifs is 1. The molecule has 5 heterocycles. The van der Waals surface area contributed by atoms with Gasteiger partial charge < -0.3 is 35.5 Å². The number of nitrogens with zero attached hydrogens (tertiary/aromatic N) is 3. The molecule has 0 aliphatic carbocycles. The number of hydrogen-bond donors (Lipinski definition) is 4. The fraction of sp³-hybridized carbons (Fsp3) is 0.442. The van der Waals surface area contributed by atoms with Crippen LogP contribution in [0.2, 0.25) is 0 Å². The molecule has 1 saturated heterocycles. The second-order valence-corrected chi connectivity index (χ2v) is 17.3. The monoisotopic (exact) mass is 797 g/mol. The van der Waals surface area contributed by atoms with Crippen LogP contribution in [0.25, 0.3) is 37.4 Å². The molecule has 2 aliphatic rings. The molecule has 0 radical (unpaired) electrons. The van der Waals surface area contributed by atoms with E-state index in [1.54, 1.807) is 33.8 Å². The molecule has 4 unspecified atom stereocenters. The van der Waals surface area contributed by atoms with Crippen molar-refractivity contribution in [2.45, 2.75) is 78.6 Å². The van der Waals surface area contributed by atoms with E-state index >= 15 is 0 Å². The summed E-state index contributed by atoms with van der Waals surface area (Å²) >= 11 is 3.53. The van der Waals surface area contributed by atoms with Crippen LogP contribution in [-0.4, -0.2) is 83.0 Å². The minimum absolute atomic E-state index is 0.0355. The number of carbonyl (C=O) groups is 3. The molecular formula is C43H55N7O4S2. The van der Waals surface area contributed by atoms with E-state index in [2.05, 4.69) is 101 Å². The fourth-order valence-electron chi connectivity index (χ4n) is 7.68. The van der Waals surface area contributed by atoms with Crippen molar-refractivity contribution in [3.63, 3.8) is 0 Å². The van der Waals surface area contributed by atoms with Crippen molar-refractivity contribution in [2.75, 3.05) is 27.2 Å². The number of thiophene rings is 2. The van der Waals surface area contributed by atoms with Gasteiger partial charge in [-0.25, -0.2) is 9.78 Å². The second kappa shape index (κ2) is 17.6. The van der Waals surface area contributed by atoms with Gasteiger partial charge in [0.2, 0.25) is 11.8 Å². The van der Waals surface area contributed by atoms with Gasteiger partial charge in [-0.15, -0.1) is 22.7 Å². The number of aromatic amines is 1. The minimum atomic E-state index is -0.716. The number of methoxy groups -OCH3 is 1. The predicted molar refractivity (Wildman–Crippen MR) is 228 cm³/mol. The first-order chi connectivity index (χ1) is 26.8. The standard InChI is InChI=1S/C43H55N7O4S2/c1-24(2)30(20-45-27(7)34-12-10-18-49(34)41(51)36(44-8)25(3)4)32-23-56-38-31(22-55-39(32)38)28-14-16-29(17-15-28)33-21-46-40(47-33)35-13-11-19-50(35)42(52)37(26(5)6)48-43(53)54-9/h11,13-17,20-26,34-37,44-45H,7,10,12,18-19H2,1-6,8-9H3,(H,46,47)(H,48,53)/b30-20+. The summed E-state index contributed by atoms with van der Waals surface area (Å²) < 4.78 is 7.27. The van der Waals surface area contributed by atoms with Gasteiger partial charge in [-0.3, -0.25) is 9.59 Å². The molecule has 13 heteroatoms. The van der Waals surface area contributed by atoms with E-state index in [0.29, 0.717) is 12.4 Å². The number of H-pyrrole nitrogens is 1. The van der Waals surface area contributed by atoms with Crippen LogP contribution in [0.15, 0.2) is 71.9 Å². The summed E-state index contributed by atoms with van der Waals surface area (Å²) in [6.07, 6.45) is 9.04. The Bertz CT molecular complexity index is 2110. The number of hydrogen-bond acceptors (Lipinski definition) is 9. The Morgan fingerprint density at radius 1 is 0.964 bits per heavy atom. The van der Waals surface area contributed by atoms with Crippen LogP contribution in [0.3, 0.4) is 0 Å². The van der Waals surface area contributed by atoms with Crippen molar-refractivity contribution < 1.29 is 19.1 Å². The zero-order valence-electron chi connectivity index (χ0n) is 33.6. The number of alkyl carbamates (subject to hydrolysis) is 1. The third-order valence-electron chi connectivity index (χ3n) is 10.8. The van der Waals surface area contributed by atoms with Gasteiger partial charge in [-0.1, -0.05) is 84.5 Å². The van der Waals surface area contributed by atoms with Crippen molar-refractivity contribution in [1.82, 2.24) is 35.7 Å². The van der Waals surface area contributed by atoms with Crippen LogP contribution in [-0.2, 0) is 14.3 Å². The number of carbonyl (C=O) groups excluding carboxylic acids is 3. The fourth-order valence-corrected chi connectivity index (χ4v) is 10.1. The summed E-state index contributed by atoms with van der Waals surface area (Å²) in [6.45, 7) is 17.9. The molecule has 1 aromatic carbocycles. The first-order valence-corrected chi connectivity index (χ1v) is 21.2. The summed E-state index contributed by atoms with van der Waals surface area (Å²) in [5.74, 6) is 0.966. The zero-order valence-corrected chi connectivity index (χ0v) is 35.3. The van der Waals surface area contributed by atoms with E-state index in [1.807, 2.05) is 37.9 Å². The summed E-state index contributed by atoms with van der Waals surface area (Å²) in [7, 11) is 3.14. The summed E-state index contributed by atoms with van der Waals surface area (Å²) in [5, 5.41) is 13.9. The first kappa shape index (κ1) is 40.9. The van der Waals surface area contributed by atoms with Crippen LogP contribution < -0.4 is 16.0 Å². The third kappa shape index (κ3) is 8.35. The highest BCUT2D eigenvalue weighted by molar-refractivity contribution is 7.27. The molecule has 4 aromatic rings. The average Bonchev–Trinajstić information content (AvgIpc) is 4.02. The quantitative estimate of drug-likeness (QED) is 0.0947. The number of likely N-dealkylation sites (N-methyl/N-ethyl adjacent to an activating group) is 1. The van der Waals surface area contributed by atoms with E-state index in [4.69, 9.17) is 4.74 Å². The van der Waals surface area contributed by atoms with E-state index in [9.17, 15) is 14.4 Å². The lowest BCUT2D eigenvalue weighted by Crippen LogP contribution is -2.51. The molecule has 56 heavy (non-hydrogen) atoms. The lowest BCUT2D eigenvalue weighted by atomic mass is 9.97. The van der Waals surface area contributed by atoms with Crippen molar-refractivity contribution in [2.24, 2.45) is 17.8 Å². The largest absolute Gasteiger partial charge is 0.453 e. The molecule has 3 aromatic heterocycles. The minimum Gasteiger partial charge on any atom is -0.453 e. The number of imidazole rings is 1. The first-order valence-electron chi connectivity index (χ1n) is 19.4. The molecular weight excluding hydrogens is 743 g/mol. The lowest BCUT2D eigenvalue weighted by Gasteiger charge is -2.31. The third-order valence-corrected chi connectivity index (χ3v) is 13.0. The van der Waals surface area contributed by atoms with Gasteiger partial charge in [0, 0.05) is 46.9 Å². The lowest BCUT2D eigenvalue weighted by molar-refractivity contribution is -0.135. The van der Waals surface area contributed by atoms with Gasteiger partial charge >= 0.3 is 6.09 Å². The van der Waals surface area contributed by atoms with E-state index in [-0.39, 0.29) is 47.7 Å². The maximum atomic E-state index is 13.6. The highest BCUT2D eigenvalue weighted by atomic mass is 32.1. The summed E-state index contributed by atoms with van der Waals surface area (Å²) in [4.78, 5) is 50.7. The smallest absolute Gasteiger partial charge is 0.407 e. The molecule has 4 N–H and O–H groups in total.